The Kier molecular flexibility index (Phi) is 4.90. The Morgan fingerprint density at radius 2 is 2.17 bits per heavy atom. The highest BCUT2D eigenvalue weighted by atomic mass is 16.5. The first-order valence-corrected chi connectivity index (χ1v) is 10.5. The second-order valence-electron chi connectivity index (χ2n) is 8.24. The molecule has 0 bridgehead atoms. The van der Waals surface area contributed by atoms with Gasteiger partial charge in [-0.25, -0.2) is 4.98 Å². The molecule has 7 nitrogen and oxygen atoms in total. The molecule has 1 fully saturated rings. The number of nitrogens with zero attached hydrogens (tertiary/aromatic N) is 4. The van der Waals surface area contributed by atoms with Crippen LogP contribution in [0.3, 0.4) is 0 Å². The van der Waals surface area contributed by atoms with Crippen molar-refractivity contribution in [3.63, 3.8) is 0 Å². The van der Waals surface area contributed by atoms with Gasteiger partial charge in [0, 0.05) is 30.8 Å². The molecule has 1 amide bonds. The van der Waals surface area contributed by atoms with Crippen molar-refractivity contribution in [3.8, 4) is 0 Å². The number of carbonyl (C=O) groups excluding carboxylic acids is 1. The lowest BCUT2D eigenvalue weighted by Gasteiger charge is -2.25. The summed E-state index contributed by atoms with van der Waals surface area (Å²) in [5.41, 5.74) is 4.76. The van der Waals surface area contributed by atoms with Crippen LogP contribution in [0.15, 0.2) is 34.7 Å². The fraction of sp³-hybridized carbons (Fsp3) is 0.435. The summed E-state index contributed by atoms with van der Waals surface area (Å²) < 4.78 is 13.4. The molecule has 0 saturated carbocycles. The van der Waals surface area contributed by atoms with Gasteiger partial charge in [0.25, 0.3) is 5.91 Å². The second kappa shape index (κ2) is 7.72. The fourth-order valence-corrected chi connectivity index (χ4v) is 4.29. The van der Waals surface area contributed by atoms with E-state index in [-0.39, 0.29) is 11.8 Å². The molecule has 0 spiro atoms. The van der Waals surface area contributed by atoms with Gasteiger partial charge < -0.3 is 14.1 Å². The molecule has 0 N–H and O–H groups in total. The first kappa shape index (κ1) is 19.1. The fourth-order valence-electron chi connectivity index (χ4n) is 4.29. The van der Waals surface area contributed by atoms with E-state index in [1.165, 1.54) is 0 Å². The smallest absolute Gasteiger partial charge is 0.254 e. The van der Waals surface area contributed by atoms with Crippen molar-refractivity contribution in [1.29, 1.82) is 0 Å². The number of hydrogen-bond acceptors (Lipinski definition) is 5. The van der Waals surface area contributed by atoms with Crippen LogP contribution in [0, 0.1) is 13.8 Å². The van der Waals surface area contributed by atoms with Gasteiger partial charge in [-0.15, -0.1) is 0 Å². The standard InChI is InChI=1S/C23H26N4O3/c1-15-10-16(2)27(25-15)12-17-4-3-5-18(11-17)23(28)26-8-6-21-20(13-26)24-22(30-21)19-7-9-29-14-19/h3-5,10-11,19H,6-9,12-14H2,1-2H3. The third-order valence-electron chi connectivity index (χ3n) is 5.92. The van der Waals surface area contributed by atoms with E-state index in [0.29, 0.717) is 38.2 Å². The number of ether oxygens (including phenoxy) is 1. The van der Waals surface area contributed by atoms with Crippen LogP contribution in [0.2, 0.25) is 0 Å². The van der Waals surface area contributed by atoms with E-state index in [2.05, 4.69) is 11.2 Å². The van der Waals surface area contributed by atoms with E-state index >= 15 is 0 Å². The van der Waals surface area contributed by atoms with Crippen molar-refractivity contribution >= 4 is 5.91 Å². The van der Waals surface area contributed by atoms with Gasteiger partial charge in [0.1, 0.15) is 11.5 Å². The van der Waals surface area contributed by atoms with Crippen LogP contribution in [-0.2, 0) is 24.2 Å². The van der Waals surface area contributed by atoms with Crippen molar-refractivity contribution in [2.75, 3.05) is 19.8 Å². The van der Waals surface area contributed by atoms with E-state index < -0.39 is 0 Å². The van der Waals surface area contributed by atoms with Crippen LogP contribution in [0.1, 0.15) is 57.0 Å². The van der Waals surface area contributed by atoms with Gasteiger partial charge >= 0.3 is 0 Å². The van der Waals surface area contributed by atoms with Gasteiger partial charge in [-0.05, 0) is 44.0 Å². The Morgan fingerprint density at radius 3 is 2.93 bits per heavy atom. The largest absolute Gasteiger partial charge is 0.445 e. The zero-order valence-corrected chi connectivity index (χ0v) is 17.4. The maximum absolute atomic E-state index is 13.2. The first-order valence-electron chi connectivity index (χ1n) is 10.5. The summed E-state index contributed by atoms with van der Waals surface area (Å²) in [5, 5.41) is 4.52. The molecule has 1 atom stereocenters. The highest BCUT2D eigenvalue weighted by Gasteiger charge is 2.29. The van der Waals surface area contributed by atoms with E-state index in [1.54, 1.807) is 0 Å². The van der Waals surface area contributed by atoms with Gasteiger partial charge in [-0.3, -0.25) is 9.48 Å². The quantitative estimate of drug-likeness (QED) is 0.665. The molecule has 2 aliphatic heterocycles. The molecular formula is C23H26N4O3. The van der Waals surface area contributed by atoms with Crippen LogP contribution < -0.4 is 0 Å². The predicted molar refractivity (Wildman–Crippen MR) is 110 cm³/mol. The van der Waals surface area contributed by atoms with Gasteiger partial charge in [-0.1, -0.05) is 12.1 Å². The summed E-state index contributed by atoms with van der Waals surface area (Å²) in [6.07, 6.45) is 1.65. The monoisotopic (exact) mass is 406 g/mol. The molecule has 1 saturated heterocycles. The van der Waals surface area contributed by atoms with Gasteiger partial charge in [-0.2, -0.15) is 5.10 Å². The molecule has 4 heterocycles. The molecule has 7 heteroatoms. The van der Waals surface area contributed by atoms with E-state index in [0.717, 1.165) is 47.3 Å². The molecule has 2 aliphatic rings. The zero-order valence-electron chi connectivity index (χ0n) is 17.4. The van der Waals surface area contributed by atoms with Crippen LogP contribution in [0.4, 0.5) is 0 Å². The van der Waals surface area contributed by atoms with Crippen LogP contribution in [-0.4, -0.2) is 45.3 Å². The van der Waals surface area contributed by atoms with Gasteiger partial charge in [0.15, 0.2) is 5.89 Å². The van der Waals surface area contributed by atoms with Gasteiger partial charge in [0.05, 0.1) is 31.3 Å². The molecular weight excluding hydrogens is 380 g/mol. The number of hydrogen-bond donors (Lipinski definition) is 0. The van der Waals surface area contributed by atoms with Gasteiger partial charge in [0.2, 0.25) is 0 Å². The highest BCUT2D eigenvalue weighted by molar-refractivity contribution is 5.94. The predicted octanol–water partition coefficient (Wildman–Crippen LogP) is 3.24. The zero-order chi connectivity index (χ0) is 20.7. The Bertz CT molecular complexity index is 1080. The Labute approximate surface area is 175 Å². The van der Waals surface area contributed by atoms with E-state index in [1.807, 2.05) is 47.7 Å². The summed E-state index contributed by atoms with van der Waals surface area (Å²) in [4.78, 5) is 19.7. The Morgan fingerprint density at radius 1 is 1.27 bits per heavy atom. The van der Waals surface area contributed by atoms with Crippen LogP contribution >= 0.6 is 0 Å². The summed E-state index contributed by atoms with van der Waals surface area (Å²) >= 11 is 0. The van der Waals surface area contributed by atoms with E-state index in [9.17, 15) is 4.79 Å². The highest BCUT2D eigenvalue weighted by Crippen LogP contribution is 2.29. The minimum Gasteiger partial charge on any atom is -0.445 e. The summed E-state index contributed by atoms with van der Waals surface area (Å²) in [5.74, 6) is 1.95. The molecule has 2 aromatic heterocycles. The lowest BCUT2D eigenvalue weighted by atomic mass is 10.1. The minimum absolute atomic E-state index is 0.0321. The van der Waals surface area contributed by atoms with Crippen LogP contribution in [0.5, 0.6) is 0 Å². The number of oxazole rings is 1. The molecule has 0 radical (unpaired) electrons. The molecule has 3 aromatic rings. The minimum atomic E-state index is 0.0321. The number of aryl methyl sites for hydroxylation is 2. The summed E-state index contributed by atoms with van der Waals surface area (Å²) in [6.45, 7) is 7.25. The second-order valence-corrected chi connectivity index (χ2v) is 8.24. The SMILES string of the molecule is Cc1cc(C)n(Cc2cccc(C(=O)N3CCc4oc(C5CCOC5)nc4C3)c2)n1. The average molecular weight is 406 g/mol. The van der Waals surface area contributed by atoms with E-state index in [4.69, 9.17) is 14.1 Å². The molecule has 156 valence electrons. The molecule has 5 rings (SSSR count). The van der Waals surface area contributed by atoms with Crippen molar-refractivity contribution in [1.82, 2.24) is 19.7 Å². The first-order chi connectivity index (χ1) is 14.6. The van der Waals surface area contributed by atoms with Crippen molar-refractivity contribution in [2.24, 2.45) is 0 Å². The maximum atomic E-state index is 13.2. The van der Waals surface area contributed by atoms with Crippen molar-refractivity contribution in [3.05, 3.63) is 70.2 Å². The lowest BCUT2D eigenvalue weighted by molar-refractivity contribution is 0.0727. The molecule has 1 aromatic carbocycles. The molecule has 30 heavy (non-hydrogen) atoms. The number of benzene rings is 1. The number of amides is 1. The average Bonchev–Trinajstić information content (AvgIpc) is 3.47. The lowest BCUT2D eigenvalue weighted by Crippen LogP contribution is -2.35. The third kappa shape index (κ3) is 3.65. The van der Waals surface area contributed by atoms with Crippen LogP contribution in [0.25, 0.3) is 0 Å². The molecule has 0 aliphatic carbocycles. The van der Waals surface area contributed by atoms with Crippen molar-refractivity contribution in [2.45, 2.75) is 45.7 Å². The number of fused-ring (bicyclic) bond motifs is 1. The number of rotatable bonds is 4. The Hall–Kier alpha value is -2.93. The normalized spacial score (nSPS) is 18.6. The number of carbonyl (C=O) groups is 1. The summed E-state index contributed by atoms with van der Waals surface area (Å²) in [7, 11) is 0. The number of aromatic nitrogens is 3. The Balaban J connectivity index is 1.31. The third-order valence-corrected chi connectivity index (χ3v) is 5.92. The topological polar surface area (TPSA) is 73.4 Å². The maximum Gasteiger partial charge on any atom is 0.254 e. The molecule has 1 unspecified atom stereocenters. The summed E-state index contributed by atoms with van der Waals surface area (Å²) in [6, 6.07) is 9.89. The van der Waals surface area contributed by atoms with Crippen molar-refractivity contribution < 1.29 is 13.9 Å².